The molecule has 0 spiro atoms. The summed E-state index contributed by atoms with van der Waals surface area (Å²) in [6.45, 7) is 5.36. The summed E-state index contributed by atoms with van der Waals surface area (Å²) in [5.74, 6) is 0. The van der Waals surface area contributed by atoms with Crippen LogP contribution in [0.3, 0.4) is 0 Å². The van der Waals surface area contributed by atoms with Gasteiger partial charge in [0.1, 0.15) is 0 Å². The van der Waals surface area contributed by atoms with Crippen LogP contribution in [0.1, 0.15) is 25.8 Å². The molecule has 0 aliphatic heterocycles. The average Bonchev–Trinajstić information content (AvgIpc) is 3.03. The molecule has 1 nitrogen and oxygen atoms in total. The lowest BCUT2D eigenvalue weighted by Gasteiger charge is -2.19. The van der Waals surface area contributed by atoms with E-state index in [1.807, 2.05) is 6.07 Å². The van der Waals surface area contributed by atoms with Crippen molar-refractivity contribution in [2.75, 3.05) is 6.54 Å². The molecule has 0 radical (unpaired) electrons. The van der Waals surface area contributed by atoms with E-state index in [1.165, 1.54) is 23.1 Å². The molecule has 2 N–H and O–H groups in total. The van der Waals surface area contributed by atoms with E-state index in [0.29, 0.717) is 5.41 Å². The number of nitrogens with two attached hydrogens (primary N) is 1. The first-order valence-electron chi connectivity index (χ1n) is 6.95. The van der Waals surface area contributed by atoms with Crippen LogP contribution in [0.2, 0.25) is 0 Å². The molecule has 0 bridgehead atoms. The Morgan fingerprint density at radius 2 is 1.42 bits per heavy atom. The number of hydrogen-bond donors (Lipinski definition) is 1. The van der Waals surface area contributed by atoms with Crippen molar-refractivity contribution in [3.63, 3.8) is 0 Å². The molecular weight excluding hydrogens is 230 g/mol. The first kappa shape index (κ1) is 12.4. The molecule has 0 saturated heterocycles. The van der Waals surface area contributed by atoms with Gasteiger partial charge in [0, 0.05) is 12.0 Å². The zero-order valence-electron chi connectivity index (χ0n) is 11.7. The van der Waals surface area contributed by atoms with Crippen LogP contribution < -0.4 is 5.73 Å². The largest absolute Gasteiger partial charge is 0.330 e. The van der Waals surface area contributed by atoms with E-state index in [4.69, 9.17) is 5.73 Å². The van der Waals surface area contributed by atoms with Crippen LogP contribution >= 0.6 is 0 Å². The molecule has 0 amide bonds. The standard InChI is InChI=1S/C18H21N/c1-17(2)12-18(17,13-19)16-10-8-15(9-11-16)14-6-4-3-5-7-14/h3-11H,12-13,19H2,1-2H3. The van der Waals surface area contributed by atoms with Crippen molar-refractivity contribution in [1.82, 2.24) is 0 Å². The normalized spacial score (nSPS) is 24.2. The Kier molecular flexibility index (Phi) is 2.75. The zero-order valence-corrected chi connectivity index (χ0v) is 11.7. The van der Waals surface area contributed by atoms with Gasteiger partial charge in [-0.25, -0.2) is 0 Å². The second-order valence-electron chi connectivity index (χ2n) is 6.29. The molecule has 1 unspecified atom stereocenters. The molecular formula is C18H21N. The molecule has 1 fully saturated rings. The zero-order chi connectivity index (χ0) is 13.5. The molecule has 1 heteroatoms. The van der Waals surface area contributed by atoms with Crippen molar-refractivity contribution >= 4 is 0 Å². The molecule has 1 aliphatic carbocycles. The highest BCUT2D eigenvalue weighted by atomic mass is 14.7. The minimum absolute atomic E-state index is 0.197. The summed E-state index contributed by atoms with van der Waals surface area (Å²) in [5.41, 5.74) is 10.5. The Morgan fingerprint density at radius 3 is 1.89 bits per heavy atom. The van der Waals surface area contributed by atoms with Gasteiger partial charge >= 0.3 is 0 Å². The monoisotopic (exact) mass is 251 g/mol. The van der Waals surface area contributed by atoms with Gasteiger partial charge in [-0.2, -0.15) is 0 Å². The maximum Gasteiger partial charge on any atom is 0.0132 e. The fourth-order valence-corrected chi connectivity index (χ4v) is 3.28. The van der Waals surface area contributed by atoms with E-state index >= 15 is 0 Å². The smallest absolute Gasteiger partial charge is 0.0132 e. The third kappa shape index (κ3) is 1.89. The third-order valence-electron chi connectivity index (χ3n) is 4.81. The number of benzene rings is 2. The van der Waals surface area contributed by atoms with Crippen LogP contribution in [0, 0.1) is 5.41 Å². The van der Waals surface area contributed by atoms with Crippen molar-refractivity contribution < 1.29 is 0 Å². The van der Waals surface area contributed by atoms with E-state index in [0.717, 1.165) is 6.54 Å². The topological polar surface area (TPSA) is 26.0 Å². The van der Waals surface area contributed by atoms with E-state index in [-0.39, 0.29) is 5.41 Å². The summed E-state index contributed by atoms with van der Waals surface area (Å²) in [5, 5.41) is 0. The Bertz CT molecular complexity index is 568. The van der Waals surface area contributed by atoms with E-state index < -0.39 is 0 Å². The molecule has 1 atom stereocenters. The summed E-state index contributed by atoms with van der Waals surface area (Å²) >= 11 is 0. The lowest BCUT2D eigenvalue weighted by atomic mass is 9.87. The van der Waals surface area contributed by atoms with E-state index in [1.54, 1.807) is 0 Å². The summed E-state index contributed by atoms with van der Waals surface area (Å²) in [6, 6.07) is 19.4. The van der Waals surface area contributed by atoms with Crippen molar-refractivity contribution in [2.24, 2.45) is 11.1 Å². The molecule has 0 heterocycles. The van der Waals surface area contributed by atoms with Crippen molar-refractivity contribution in [3.8, 4) is 11.1 Å². The minimum Gasteiger partial charge on any atom is -0.330 e. The maximum atomic E-state index is 6.03. The molecule has 98 valence electrons. The van der Waals surface area contributed by atoms with Crippen LogP contribution in [-0.4, -0.2) is 6.54 Å². The van der Waals surface area contributed by atoms with Crippen molar-refractivity contribution in [1.29, 1.82) is 0 Å². The summed E-state index contributed by atoms with van der Waals surface area (Å²) in [6.07, 6.45) is 1.20. The van der Waals surface area contributed by atoms with Gasteiger partial charge in [0.25, 0.3) is 0 Å². The predicted molar refractivity (Wildman–Crippen MR) is 81.0 cm³/mol. The Balaban J connectivity index is 1.93. The lowest BCUT2D eigenvalue weighted by Crippen LogP contribution is -2.25. The van der Waals surface area contributed by atoms with E-state index in [2.05, 4.69) is 62.4 Å². The molecule has 1 aliphatic rings. The highest BCUT2D eigenvalue weighted by molar-refractivity contribution is 5.64. The Hall–Kier alpha value is -1.60. The van der Waals surface area contributed by atoms with Crippen LogP contribution in [0.5, 0.6) is 0 Å². The van der Waals surface area contributed by atoms with Gasteiger partial charge in [0.2, 0.25) is 0 Å². The first-order chi connectivity index (χ1) is 9.09. The quantitative estimate of drug-likeness (QED) is 0.877. The van der Waals surface area contributed by atoms with Crippen LogP contribution in [0.25, 0.3) is 11.1 Å². The summed E-state index contributed by atoms with van der Waals surface area (Å²) in [7, 11) is 0. The van der Waals surface area contributed by atoms with Gasteiger partial charge in [-0.1, -0.05) is 68.4 Å². The second kappa shape index (κ2) is 4.21. The summed E-state index contributed by atoms with van der Waals surface area (Å²) in [4.78, 5) is 0. The third-order valence-corrected chi connectivity index (χ3v) is 4.81. The molecule has 3 rings (SSSR count). The van der Waals surface area contributed by atoms with Crippen LogP contribution in [-0.2, 0) is 5.41 Å². The lowest BCUT2D eigenvalue weighted by molar-refractivity contribution is 0.503. The van der Waals surface area contributed by atoms with Gasteiger partial charge in [0.15, 0.2) is 0 Å². The maximum absolute atomic E-state index is 6.03. The molecule has 19 heavy (non-hydrogen) atoms. The highest BCUT2D eigenvalue weighted by Crippen LogP contribution is 2.63. The van der Waals surface area contributed by atoms with Crippen LogP contribution in [0.4, 0.5) is 0 Å². The SMILES string of the molecule is CC1(C)CC1(CN)c1ccc(-c2ccccc2)cc1. The molecule has 1 saturated carbocycles. The average molecular weight is 251 g/mol. The van der Waals surface area contributed by atoms with Gasteiger partial charge in [-0.05, 0) is 28.5 Å². The molecule has 0 aromatic heterocycles. The predicted octanol–water partition coefficient (Wildman–Crippen LogP) is 3.98. The van der Waals surface area contributed by atoms with Crippen molar-refractivity contribution in [3.05, 3.63) is 60.2 Å². The van der Waals surface area contributed by atoms with Crippen molar-refractivity contribution in [2.45, 2.75) is 25.7 Å². The number of rotatable bonds is 3. The Morgan fingerprint density at radius 1 is 0.895 bits per heavy atom. The second-order valence-corrected chi connectivity index (χ2v) is 6.29. The fourth-order valence-electron chi connectivity index (χ4n) is 3.28. The molecule has 2 aromatic carbocycles. The molecule has 2 aromatic rings. The van der Waals surface area contributed by atoms with Gasteiger partial charge in [-0.15, -0.1) is 0 Å². The Labute approximate surface area is 115 Å². The van der Waals surface area contributed by atoms with Crippen LogP contribution in [0.15, 0.2) is 54.6 Å². The van der Waals surface area contributed by atoms with E-state index in [9.17, 15) is 0 Å². The summed E-state index contributed by atoms with van der Waals surface area (Å²) < 4.78 is 0. The van der Waals surface area contributed by atoms with Gasteiger partial charge in [-0.3, -0.25) is 0 Å². The van der Waals surface area contributed by atoms with Gasteiger partial charge in [0.05, 0.1) is 0 Å². The first-order valence-corrected chi connectivity index (χ1v) is 6.95. The highest BCUT2D eigenvalue weighted by Gasteiger charge is 2.60. The fraction of sp³-hybridized carbons (Fsp3) is 0.333. The number of hydrogen-bond acceptors (Lipinski definition) is 1. The minimum atomic E-state index is 0.197. The van der Waals surface area contributed by atoms with Gasteiger partial charge < -0.3 is 5.73 Å².